The predicted molar refractivity (Wildman–Crippen MR) is 169 cm³/mol. The van der Waals surface area contributed by atoms with Gasteiger partial charge < -0.3 is 24.6 Å². The molecule has 2 saturated heterocycles. The Morgan fingerprint density at radius 2 is 1.72 bits per heavy atom. The van der Waals surface area contributed by atoms with Crippen molar-refractivity contribution >= 4 is 29.2 Å². The fraction of sp³-hybridized carbons (Fsp3) is 0.441. The third-order valence-corrected chi connectivity index (χ3v) is 8.98. The minimum absolute atomic E-state index is 0.0367. The van der Waals surface area contributed by atoms with Gasteiger partial charge in [-0.1, -0.05) is 65.7 Å². The molecule has 0 unspecified atom stereocenters. The molecule has 2 aliphatic heterocycles. The van der Waals surface area contributed by atoms with Gasteiger partial charge in [-0.2, -0.15) is 0 Å². The minimum Gasteiger partial charge on any atom is -0.482 e. The first kappa shape index (κ1) is 31.8. The first-order valence-corrected chi connectivity index (χ1v) is 15.8. The van der Waals surface area contributed by atoms with Gasteiger partial charge >= 0.3 is 5.97 Å². The van der Waals surface area contributed by atoms with Crippen molar-refractivity contribution in [2.24, 2.45) is 5.92 Å². The molecule has 9 heteroatoms. The Hall–Kier alpha value is -2.65. The lowest BCUT2D eigenvalue weighted by atomic mass is 9.73. The molecule has 0 amide bonds. The lowest BCUT2D eigenvalue weighted by Gasteiger charge is -2.45. The molecule has 3 aromatic carbocycles. The Bertz CT molecular complexity index is 1320. The number of halogens is 2. The number of hydrogen-bond donors (Lipinski definition) is 2. The number of rotatable bonds is 12. The summed E-state index contributed by atoms with van der Waals surface area (Å²) in [6, 6.07) is 23.7. The molecule has 0 bridgehead atoms. The van der Waals surface area contributed by atoms with Crippen molar-refractivity contribution in [3.63, 3.8) is 0 Å². The molecule has 0 spiro atoms. The van der Waals surface area contributed by atoms with Crippen molar-refractivity contribution in [3.05, 3.63) is 99.5 Å². The normalized spacial score (nSPS) is 23.5. The number of nitrogens with one attached hydrogen (secondary N) is 1. The summed E-state index contributed by atoms with van der Waals surface area (Å²) in [4.78, 5) is 13.9. The second-order valence-corrected chi connectivity index (χ2v) is 12.2. The number of carboxylic acid groups (broad SMARTS) is 1. The molecule has 2 heterocycles. The number of carboxylic acids is 1. The molecule has 2 N–H and O–H groups in total. The zero-order chi connectivity index (χ0) is 30.2. The molecular formula is C34H40Cl2N2O5. The first-order chi connectivity index (χ1) is 20.9. The van der Waals surface area contributed by atoms with Gasteiger partial charge in [0.25, 0.3) is 0 Å². The smallest absolute Gasteiger partial charge is 0.341 e. The van der Waals surface area contributed by atoms with E-state index in [1.54, 1.807) is 12.1 Å². The van der Waals surface area contributed by atoms with Crippen LogP contribution in [0.5, 0.6) is 5.75 Å². The van der Waals surface area contributed by atoms with Crippen LogP contribution in [0.15, 0.2) is 72.8 Å². The molecule has 2 aliphatic rings. The zero-order valence-electron chi connectivity index (χ0n) is 24.5. The van der Waals surface area contributed by atoms with E-state index in [0.717, 1.165) is 68.9 Å². The van der Waals surface area contributed by atoms with E-state index in [-0.39, 0.29) is 24.0 Å². The summed E-state index contributed by atoms with van der Waals surface area (Å²) in [5.41, 5.74) is 3.00. The van der Waals surface area contributed by atoms with Crippen LogP contribution in [0.4, 0.5) is 0 Å². The molecule has 7 nitrogen and oxygen atoms in total. The SMILES string of the molecule is C[C@@H](NCCCN1CCOCC1)[C@@H]1C[C@@H](c2ccc(Cl)cc2)[C@@H](c2ccccc2)O[C@H]1c1cc(Cl)ccc1OCC(=O)O. The van der Waals surface area contributed by atoms with Crippen LogP contribution in [0.25, 0.3) is 0 Å². The summed E-state index contributed by atoms with van der Waals surface area (Å²) < 4.78 is 18.4. The highest BCUT2D eigenvalue weighted by Gasteiger charge is 2.43. The Morgan fingerprint density at radius 3 is 2.44 bits per heavy atom. The number of aliphatic carboxylic acids is 1. The maximum Gasteiger partial charge on any atom is 0.341 e. The largest absolute Gasteiger partial charge is 0.482 e. The van der Waals surface area contributed by atoms with Crippen molar-refractivity contribution in [2.75, 3.05) is 46.0 Å². The number of carbonyl (C=O) groups is 1. The number of morpholine rings is 1. The van der Waals surface area contributed by atoms with Gasteiger partial charge in [0.2, 0.25) is 0 Å². The van der Waals surface area contributed by atoms with E-state index in [1.807, 2.05) is 36.4 Å². The molecule has 0 aromatic heterocycles. The summed E-state index contributed by atoms with van der Waals surface area (Å²) in [6.07, 6.45) is 1.22. The highest BCUT2D eigenvalue weighted by molar-refractivity contribution is 6.30. The van der Waals surface area contributed by atoms with Gasteiger partial charge in [-0.15, -0.1) is 0 Å². The second kappa shape index (κ2) is 15.4. The number of nitrogens with zero attached hydrogens (tertiary/aromatic N) is 1. The summed E-state index contributed by atoms with van der Waals surface area (Å²) in [5, 5.41) is 14.4. The van der Waals surface area contributed by atoms with Crippen LogP contribution in [0.1, 0.15) is 54.6 Å². The van der Waals surface area contributed by atoms with Crippen LogP contribution in [0.3, 0.4) is 0 Å². The Balaban J connectivity index is 1.45. The average Bonchev–Trinajstić information content (AvgIpc) is 3.03. The van der Waals surface area contributed by atoms with Crippen molar-refractivity contribution in [1.29, 1.82) is 0 Å². The first-order valence-electron chi connectivity index (χ1n) is 15.0. The fourth-order valence-electron chi connectivity index (χ4n) is 6.26. The Morgan fingerprint density at radius 1 is 1.00 bits per heavy atom. The average molecular weight is 628 g/mol. The van der Waals surface area contributed by atoms with Crippen molar-refractivity contribution < 1.29 is 24.1 Å². The van der Waals surface area contributed by atoms with Gasteiger partial charge in [0.1, 0.15) is 5.75 Å². The molecule has 0 radical (unpaired) electrons. The molecule has 3 aromatic rings. The van der Waals surface area contributed by atoms with E-state index in [2.05, 4.69) is 41.4 Å². The highest BCUT2D eigenvalue weighted by Crippen LogP contribution is 2.52. The van der Waals surface area contributed by atoms with Crippen LogP contribution in [-0.2, 0) is 14.3 Å². The minimum atomic E-state index is -1.04. The predicted octanol–water partition coefficient (Wildman–Crippen LogP) is 6.76. The second-order valence-electron chi connectivity index (χ2n) is 11.4. The summed E-state index contributed by atoms with van der Waals surface area (Å²) in [5.74, 6) is -0.462. The van der Waals surface area contributed by atoms with Gasteiger partial charge in [0, 0.05) is 46.6 Å². The summed E-state index contributed by atoms with van der Waals surface area (Å²) >= 11 is 12.8. The van der Waals surface area contributed by atoms with E-state index in [1.165, 1.54) is 0 Å². The van der Waals surface area contributed by atoms with Gasteiger partial charge in [0.15, 0.2) is 6.61 Å². The summed E-state index contributed by atoms with van der Waals surface area (Å²) in [6.45, 7) is 7.21. The van der Waals surface area contributed by atoms with Crippen LogP contribution in [0.2, 0.25) is 10.0 Å². The molecule has 2 fully saturated rings. The molecule has 0 saturated carbocycles. The molecule has 5 atom stereocenters. The monoisotopic (exact) mass is 626 g/mol. The van der Waals surface area contributed by atoms with Crippen molar-refractivity contribution in [2.45, 2.75) is 43.9 Å². The van der Waals surface area contributed by atoms with E-state index in [0.29, 0.717) is 15.8 Å². The number of ether oxygens (including phenoxy) is 3. The van der Waals surface area contributed by atoms with Gasteiger partial charge in [-0.3, -0.25) is 4.90 Å². The third-order valence-electron chi connectivity index (χ3n) is 8.49. The van der Waals surface area contributed by atoms with Crippen molar-refractivity contribution in [1.82, 2.24) is 10.2 Å². The van der Waals surface area contributed by atoms with E-state index >= 15 is 0 Å². The molecule has 230 valence electrons. The van der Waals surface area contributed by atoms with Gasteiger partial charge in [-0.05, 0) is 74.3 Å². The van der Waals surface area contributed by atoms with Gasteiger partial charge in [0.05, 0.1) is 25.4 Å². The molecular weight excluding hydrogens is 587 g/mol. The quantitative estimate of drug-likeness (QED) is 0.215. The fourth-order valence-corrected chi connectivity index (χ4v) is 6.57. The number of benzene rings is 3. The maximum absolute atomic E-state index is 11.4. The molecule has 5 rings (SSSR count). The lowest BCUT2D eigenvalue weighted by Crippen LogP contribution is -2.43. The molecule has 0 aliphatic carbocycles. The lowest BCUT2D eigenvalue weighted by molar-refractivity contribution is -0.139. The van der Waals surface area contributed by atoms with E-state index in [4.69, 9.17) is 37.4 Å². The van der Waals surface area contributed by atoms with Crippen LogP contribution < -0.4 is 10.1 Å². The molecule has 43 heavy (non-hydrogen) atoms. The highest BCUT2D eigenvalue weighted by atomic mass is 35.5. The van der Waals surface area contributed by atoms with E-state index < -0.39 is 18.7 Å². The zero-order valence-corrected chi connectivity index (χ0v) is 26.0. The number of hydrogen-bond acceptors (Lipinski definition) is 6. The van der Waals surface area contributed by atoms with Gasteiger partial charge in [-0.25, -0.2) is 4.79 Å². The third kappa shape index (κ3) is 8.50. The Kier molecular flexibility index (Phi) is 11.4. The maximum atomic E-state index is 11.4. The van der Waals surface area contributed by atoms with E-state index in [9.17, 15) is 9.90 Å². The Labute approximate surface area is 264 Å². The topological polar surface area (TPSA) is 80.3 Å². The standard InChI is InChI=1S/C34H40Cl2N2O5/c1-23(37-14-5-15-38-16-18-41-19-17-38)28-21-29(24-8-10-26(35)11-9-24)33(25-6-3-2-4-7-25)43-34(28)30-20-27(36)12-13-31(30)42-22-32(39)40/h2-4,6-13,20,23,28-29,33-34,37H,5,14-19,21-22H2,1H3,(H,39,40)/t23-,28+,29+,33-,34-/m1/s1. The van der Waals surface area contributed by atoms with Crippen LogP contribution in [0, 0.1) is 5.92 Å². The van der Waals surface area contributed by atoms with Crippen molar-refractivity contribution in [3.8, 4) is 5.75 Å². The van der Waals surface area contributed by atoms with Crippen LogP contribution in [-0.4, -0.2) is 68.0 Å². The summed E-state index contributed by atoms with van der Waals surface area (Å²) in [7, 11) is 0. The van der Waals surface area contributed by atoms with Crippen LogP contribution >= 0.6 is 23.2 Å².